The maximum Gasteiger partial charge on any atom is 0.407 e. The van der Waals surface area contributed by atoms with Gasteiger partial charge in [-0.1, -0.05) is 56.7 Å². The predicted molar refractivity (Wildman–Crippen MR) is 163 cm³/mol. The molecule has 3 aromatic rings. The molecule has 4 rings (SSSR count). The van der Waals surface area contributed by atoms with Crippen LogP contribution in [0.1, 0.15) is 64.6 Å². The van der Waals surface area contributed by atoms with E-state index in [0.717, 1.165) is 23.1 Å². The molecule has 0 radical (unpaired) electrons. The molecule has 8 heteroatoms. The molecule has 2 amide bonds. The maximum atomic E-state index is 14.5. The van der Waals surface area contributed by atoms with Crippen LogP contribution < -0.4 is 10.2 Å². The molecule has 1 N–H and O–H groups in total. The topological polar surface area (TPSA) is 80.8 Å². The summed E-state index contributed by atoms with van der Waals surface area (Å²) in [6.07, 6.45) is 2.36. The molecule has 1 aliphatic rings. The van der Waals surface area contributed by atoms with Crippen LogP contribution in [0.2, 0.25) is 0 Å². The number of nitrogens with zero attached hydrogens (tertiary/aromatic N) is 2. The lowest BCUT2D eigenvalue weighted by Gasteiger charge is -2.32. The fourth-order valence-electron chi connectivity index (χ4n) is 5.07. The summed E-state index contributed by atoms with van der Waals surface area (Å²) in [5, 5.41) is 3.01. The molecule has 42 heavy (non-hydrogen) atoms. The highest BCUT2D eigenvalue weighted by atomic mass is 19.1. The van der Waals surface area contributed by atoms with Crippen molar-refractivity contribution in [1.82, 2.24) is 10.3 Å². The Hall–Kier alpha value is -3.78. The fourth-order valence-corrected chi connectivity index (χ4v) is 5.07. The average Bonchev–Trinajstić information content (AvgIpc) is 3.75. The van der Waals surface area contributed by atoms with E-state index in [4.69, 9.17) is 9.47 Å². The van der Waals surface area contributed by atoms with Crippen LogP contribution in [-0.4, -0.2) is 42.3 Å². The standard InChI is InChI=1S/C34H42FN3O4/c1-7-22(2)30(37-33(40)42-34(3,4)5)20-38(32(39)28-19-27(28)31-29(35)9-8-18-36-31)26-16-14-25(15-17-26)24-12-10-23(11-13-24)21-41-6/h8-18,22,27-28,30H,7,19-21H2,1-6H3,(H,37,40)/t22-,27?,28?,30+/m0/s1. The van der Waals surface area contributed by atoms with Gasteiger partial charge in [0.1, 0.15) is 11.4 Å². The van der Waals surface area contributed by atoms with Crippen LogP contribution in [0.15, 0.2) is 66.9 Å². The van der Waals surface area contributed by atoms with E-state index in [1.54, 1.807) is 24.3 Å². The number of aromatic nitrogens is 1. The predicted octanol–water partition coefficient (Wildman–Crippen LogP) is 7.11. The number of alkyl carbamates (subject to hydrolysis) is 1. The number of halogens is 1. The number of rotatable bonds is 11. The Bertz CT molecular complexity index is 1350. The van der Waals surface area contributed by atoms with Crippen molar-refractivity contribution in [1.29, 1.82) is 0 Å². The smallest absolute Gasteiger partial charge is 0.407 e. The lowest BCUT2D eigenvalue weighted by molar-refractivity contribution is -0.120. The highest BCUT2D eigenvalue weighted by molar-refractivity contribution is 5.98. The van der Waals surface area contributed by atoms with E-state index in [9.17, 15) is 14.0 Å². The molecule has 7 nitrogen and oxygen atoms in total. The number of carbonyl (C=O) groups excluding carboxylic acids is 2. The molecule has 224 valence electrons. The molecule has 2 aromatic carbocycles. The van der Waals surface area contributed by atoms with Gasteiger partial charge in [0.25, 0.3) is 0 Å². The second-order valence-corrected chi connectivity index (χ2v) is 12.1. The van der Waals surface area contributed by atoms with E-state index in [1.807, 2.05) is 83.1 Å². The first-order chi connectivity index (χ1) is 20.0. The van der Waals surface area contributed by atoms with Crippen LogP contribution in [0.3, 0.4) is 0 Å². The summed E-state index contributed by atoms with van der Waals surface area (Å²) in [6.45, 7) is 10.4. The number of amides is 2. The lowest BCUT2D eigenvalue weighted by atomic mass is 9.97. The molecular formula is C34H42FN3O4. The Balaban J connectivity index is 1.61. The largest absolute Gasteiger partial charge is 0.444 e. The highest BCUT2D eigenvalue weighted by Gasteiger charge is 2.48. The molecule has 0 aliphatic heterocycles. The zero-order valence-corrected chi connectivity index (χ0v) is 25.4. The third kappa shape index (κ3) is 7.94. The van der Waals surface area contributed by atoms with Crippen LogP contribution in [0, 0.1) is 17.7 Å². The Morgan fingerprint density at radius 3 is 2.29 bits per heavy atom. The molecule has 1 heterocycles. The van der Waals surface area contributed by atoms with Gasteiger partial charge in [0.05, 0.1) is 18.3 Å². The van der Waals surface area contributed by atoms with E-state index in [2.05, 4.69) is 10.3 Å². The highest BCUT2D eigenvalue weighted by Crippen LogP contribution is 2.49. The number of pyridine rings is 1. The molecule has 0 spiro atoms. The van der Waals surface area contributed by atoms with Gasteiger partial charge in [-0.15, -0.1) is 0 Å². The first-order valence-corrected chi connectivity index (χ1v) is 14.6. The first-order valence-electron chi connectivity index (χ1n) is 14.6. The third-order valence-corrected chi connectivity index (χ3v) is 7.70. The zero-order chi connectivity index (χ0) is 30.4. The van der Waals surface area contributed by atoms with E-state index >= 15 is 0 Å². The van der Waals surface area contributed by atoms with Crippen molar-refractivity contribution in [2.45, 2.75) is 71.6 Å². The van der Waals surface area contributed by atoms with E-state index in [0.29, 0.717) is 24.4 Å². The van der Waals surface area contributed by atoms with Crippen LogP contribution in [0.25, 0.3) is 11.1 Å². The Labute approximate surface area is 248 Å². The molecule has 1 fully saturated rings. The van der Waals surface area contributed by atoms with Gasteiger partial charge in [-0.2, -0.15) is 0 Å². The van der Waals surface area contributed by atoms with Gasteiger partial charge >= 0.3 is 6.09 Å². The Kier molecular flexibility index (Phi) is 9.99. The van der Waals surface area contributed by atoms with E-state index in [1.165, 1.54) is 6.07 Å². The van der Waals surface area contributed by atoms with Crippen molar-refractivity contribution >= 4 is 17.7 Å². The van der Waals surface area contributed by atoms with Gasteiger partial charge in [0.15, 0.2) is 0 Å². The number of nitrogens with one attached hydrogen (secondary N) is 1. The zero-order valence-electron chi connectivity index (χ0n) is 25.4. The monoisotopic (exact) mass is 575 g/mol. The van der Waals surface area contributed by atoms with Crippen molar-refractivity contribution in [2.75, 3.05) is 18.6 Å². The number of hydrogen-bond donors (Lipinski definition) is 1. The lowest BCUT2D eigenvalue weighted by Crippen LogP contribution is -2.50. The second-order valence-electron chi connectivity index (χ2n) is 12.1. The minimum atomic E-state index is -0.648. The molecule has 4 atom stereocenters. The molecule has 0 bridgehead atoms. The summed E-state index contributed by atoms with van der Waals surface area (Å²) in [6, 6.07) is 18.6. The summed E-state index contributed by atoms with van der Waals surface area (Å²) in [4.78, 5) is 32.7. The minimum absolute atomic E-state index is 0.0703. The summed E-state index contributed by atoms with van der Waals surface area (Å²) in [5.74, 6) is -1.09. The molecule has 2 unspecified atom stereocenters. The Morgan fingerprint density at radius 1 is 1.07 bits per heavy atom. The van der Waals surface area contributed by atoms with Gasteiger partial charge in [-0.05, 0) is 74.1 Å². The van der Waals surface area contributed by atoms with Crippen LogP contribution in [-0.2, 0) is 20.9 Å². The van der Waals surface area contributed by atoms with Crippen molar-refractivity contribution in [3.8, 4) is 11.1 Å². The van der Waals surface area contributed by atoms with Gasteiger partial charge in [0, 0.05) is 37.4 Å². The van der Waals surface area contributed by atoms with Gasteiger partial charge in [0.2, 0.25) is 5.91 Å². The summed E-state index contributed by atoms with van der Waals surface area (Å²) < 4.78 is 25.2. The third-order valence-electron chi connectivity index (χ3n) is 7.70. The molecular weight excluding hydrogens is 533 g/mol. The first kappa shape index (κ1) is 31.2. The van der Waals surface area contributed by atoms with Crippen LogP contribution in [0.4, 0.5) is 14.9 Å². The normalized spacial score (nSPS) is 17.7. The minimum Gasteiger partial charge on any atom is -0.444 e. The Morgan fingerprint density at radius 2 is 1.71 bits per heavy atom. The molecule has 1 aromatic heterocycles. The number of hydrogen-bond acceptors (Lipinski definition) is 5. The van der Waals surface area contributed by atoms with Crippen molar-refractivity contribution in [2.24, 2.45) is 11.8 Å². The van der Waals surface area contributed by atoms with Crippen molar-refractivity contribution in [3.63, 3.8) is 0 Å². The van der Waals surface area contributed by atoms with E-state index < -0.39 is 17.5 Å². The SMILES string of the molecule is CC[C@H](C)[C@@H](CN(C(=O)C1CC1c1ncccc1F)c1ccc(-c2ccc(COC)cc2)cc1)NC(=O)OC(C)(C)C. The van der Waals surface area contributed by atoms with Crippen LogP contribution >= 0.6 is 0 Å². The number of methoxy groups -OCH3 is 1. The summed E-state index contributed by atoms with van der Waals surface area (Å²) >= 11 is 0. The number of ether oxygens (including phenoxy) is 2. The average molecular weight is 576 g/mol. The molecule has 1 aliphatic carbocycles. The van der Waals surface area contributed by atoms with Crippen molar-refractivity contribution < 1.29 is 23.5 Å². The fraction of sp³-hybridized carbons (Fsp3) is 0.441. The second kappa shape index (κ2) is 13.5. The number of benzene rings is 2. The van der Waals surface area contributed by atoms with Crippen molar-refractivity contribution in [3.05, 3.63) is 83.9 Å². The molecule has 0 saturated heterocycles. The quantitative estimate of drug-likeness (QED) is 0.264. The summed E-state index contributed by atoms with van der Waals surface area (Å²) in [5.41, 5.74) is 3.55. The van der Waals surface area contributed by atoms with E-state index in [-0.39, 0.29) is 36.2 Å². The van der Waals surface area contributed by atoms with Gasteiger partial charge in [-0.25, -0.2) is 9.18 Å². The van der Waals surface area contributed by atoms with Gasteiger partial charge in [-0.3, -0.25) is 9.78 Å². The summed E-state index contributed by atoms with van der Waals surface area (Å²) in [7, 11) is 1.67. The van der Waals surface area contributed by atoms with Crippen LogP contribution in [0.5, 0.6) is 0 Å². The van der Waals surface area contributed by atoms with Gasteiger partial charge < -0.3 is 19.7 Å². The molecule has 1 saturated carbocycles. The number of anilines is 1. The number of carbonyl (C=O) groups is 2. The maximum absolute atomic E-state index is 14.5.